The van der Waals surface area contributed by atoms with Crippen LogP contribution in [0.2, 0.25) is 0 Å². The first-order valence-corrected chi connectivity index (χ1v) is 8.40. The lowest BCUT2D eigenvalue weighted by Gasteiger charge is -2.21. The Hall–Kier alpha value is -1.72. The summed E-state index contributed by atoms with van der Waals surface area (Å²) in [6.07, 6.45) is 5.47. The van der Waals surface area contributed by atoms with E-state index in [0.717, 1.165) is 22.6 Å². The molecular formula is C18H18F2N2S. The molecule has 0 atom stereocenters. The number of halogens is 2. The number of hydrogen-bond donors (Lipinski definition) is 1. The second kappa shape index (κ2) is 7.23. The molecule has 0 aliphatic heterocycles. The summed E-state index contributed by atoms with van der Waals surface area (Å²) < 4.78 is 29.7. The van der Waals surface area contributed by atoms with Crippen molar-refractivity contribution in [1.29, 1.82) is 0 Å². The van der Waals surface area contributed by atoms with Crippen LogP contribution in [0, 0.1) is 0 Å². The highest BCUT2D eigenvalue weighted by molar-refractivity contribution is 7.97. The molecule has 2 nitrogen and oxygen atoms in total. The Balaban J connectivity index is 1.54. The van der Waals surface area contributed by atoms with Crippen molar-refractivity contribution in [2.75, 3.05) is 0 Å². The Morgan fingerprint density at radius 3 is 2.48 bits per heavy atom. The van der Waals surface area contributed by atoms with Gasteiger partial charge in [-0.1, -0.05) is 18.2 Å². The number of allylic oxidation sites excluding steroid dienone is 2. The molecule has 1 N–H and O–H groups in total. The first-order chi connectivity index (χ1) is 11.1. The monoisotopic (exact) mass is 332 g/mol. The Morgan fingerprint density at radius 1 is 1.09 bits per heavy atom. The topological polar surface area (TPSA) is 24.9 Å². The van der Waals surface area contributed by atoms with Crippen LogP contribution < -0.4 is 4.72 Å². The van der Waals surface area contributed by atoms with Crippen molar-refractivity contribution in [3.8, 4) is 0 Å². The molecule has 1 aromatic heterocycles. The maximum Gasteiger partial charge on any atom is 0.251 e. The van der Waals surface area contributed by atoms with E-state index in [2.05, 4.69) is 9.71 Å². The van der Waals surface area contributed by atoms with E-state index in [9.17, 15) is 8.78 Å². The summed E-state index contributed by atoms with van der Waals surface area (Å²) in [4.78, 5) is 5.09. The molecular weight excluding hydrogens is 314 g/mol. The van der Waals surface area contributed by atoms with Crippen LogP contribution in [0.5, 0.6) is 0 Å². The Labute approximate surface area is 139 Å². The third-order valence-corrected chi connectivity index (χ3v) is 4.64. The van der Waals surface area contributed by atoms with Gasteiger partial charge in [-0.25, -0.2) is 8.78 Å². The lowest BCUT2D eigenvalue weighted by atomic mass is 9.91. The van der Waals surface area contributed by atoms with Crippen molar-refractivity contribution >= 4 is 17.5 Å². The van der Waals surface area contributed by atoms with Gasteiger partial charge in [0.15, 0.2) is 0 Å². The van der Waals surface area contributed by atoms with Crippen LogP contribution in [0.15, 0.2) is 59.8 Å². The number of hydrogen-bond acceptors (Lipinski definition) is 3. The van der Waals surface area contributed by atoms with Crippen LogP contribution in [0.4, 0.5) is 8.78 Å². The van der Waals surface area contributed by atoms with Gasteiger partial charge in [0.25, 0.3) is 5.92 Å². The van der Waals surface area contributed by atoms with Crippen LogP contribution in [0.25, 0.3) is 5.57 Å². The highest BCUT2D eigenvalue weighted by Crippen LogP contribution is 2.36. The van der Waals surface area contributed by atoms with Gasteiger partial charge in [0, 0.05) is 36.7 Å². The van der Waals surface area contributed by atoms with E-state index < -0.39 is 5.92 Å². The summed E-state index contributed by atoms with van der Waals surface area (Å²) >= 11 is 1.56. The molecule has 1 aliphatic rings. The van der Waals surface area contributed by atoms with Crippen molar-refractivity contribution in [3.63, 3.8) is 0 Å². The van der Waals surface area contributed by atoms with Gasteiger partial charge in [-0.15, -0.1) is 0 Å². The average Bonchev–Trinajstić information content (AvgIpc) is 2.57. The van der Waals surface area contributed by atoms with Gasteiger partial charge in [-0.05, 0) is 59.3 Å². The molecule has 3 rings (SSSR count). The summed E-state index contributed by atoms with van der Waals surface area (Å²) in [6.45, 7) is 0.759. The molecule has 0 unspecified atom stereocenters. The quantitative estimate of drug-likeness (QED) is 0.773. The van der Waals surface area contributed by atoms with Crippen LogP contribution in [-0.4, -0.2) is 10.9 Å². The van der Waals surface area contributed by atoms with Crippen molar-refractivity contribution in [2.45, 2.75) is 36.6 Å². The van der Waals surface area contributed by atoms with Gasteiger partial charge in [-0.3, -0.25) is 9.71 Å². The molecule has 0 saturated heterocycles. The fourth-order valence-electron chi connectivity index (χ4n) is 2.50. The Kier molecular flexibility index (Phi) is 5.08. The van der Waals surface area contributed by atoms with E-state index in [1.54, 1.807) is 30.4 Å². The molecule has 23 heavy (non-hydrogen) atoms. The molecule has 0 bridgehead atoms. The van der Waals surface area contributed by atoms with E-state index in [4.69, 9.17) is 0 Å². The summed E-state index contributed by atoms with van der Waals surface area (Å²) in [5.41, 5.74) is 3.24. The minimum Gasteiger partial charge on any atom is -0.265 e. The standard InChI is InChI=1S/C18H18F2N2S/c19-18(20)9-5-16(6-10-18)15-1-3-17(4-2-15)23-22-13-14-7-11-21-12-8-14/h1-5,7-8,11-12,22H,6,9-10,13H2. The fraction of sp³-hybridized carbons (Fsp3) is 0.278. The van der Waals surface area contributed by atoms with Crippen LogP contribution in [0.1, 0.15) is 30.4 Å². The predicted molar refractivity (Wildman–Crippen MR) is 90.2 cm³/mol. The number of benzene rings is 1. The number of nitrogens with zero attached hydrogens (tertiary/aromatic N) is 1. The summed E-state index contributed by atoms with van der Waals surface area (Å²) in [5, 5.41) is 0. The fourth-order valence-corrected chi connectivity index (χ4v) is 3.17. The summed E-state index contributed by atoms with van der Waals surface area (Å²) in [7, 11) is 0. The minimum atomic E-state index is -2.53. The van der Waals surface area contributed by atoms with Crippen molar-refractivity contribution in [2.24, 2.45) is 0 Å². The molecule has 120 valence electrons. The van der Waals surface area contributed by atoms with Gasteiger partial charge < -0.3 is 0 Å². The zero-order chi connectivity index (χ0) is 16.1. The normalized spacial score (nSPS) is 16.9. The first kappa shape index (κ1) is 16.1. The second-order valence-corrected chi connectivity index (χ2v) is 6.56. The zero-order valence-corrected chi connectivity index (χ0v) is 13.5. The third-order valence-electron chi connectivity index (χ3n) is 3.85. The highest BCUT2D eigenvalue weighted by atomic mass is 32.2. The molecule has 1 heterocycles. The van der Waals surface area contributed by atoms with Crippen molar-refractivity contribution in [3.05, 3.63) is 66.0 Å². The Morgan fingerprint density at radius 2 is 1.83 bits per heavy atom. The highest BCUT2D eigenvalue weighted by Gasteiger charge is 2.30. The molecule has 0 radical (unpaired) electrons. The maximum absolute atomic E-state index is 13.2. The van der Waals surface area contributed by atoms with E-state index >= 15 is 0 Å². The third kappa shape index (κ3) is 4.62. The van der Waals surface area contributed by atoms with Gasteiger partial charge in [-0.2, -0.15) is 0 Å². The van der Waals surface area contributed by atoms with Gasteiger partial charge in [0.05, 0.1) is 0 Å². The van der Waals surface area contributed by atoms with Crippen LogP contribution >= 0.6 is 11.9 Å². The van der Waals surface area contributed by atoms with E-state index in [-0.39, 0.29) is 12.8 Å². The number of nitrogens with one attached hydrogen (secondary N) is 1. The Bertz CT molecular complexity index is 669. The molecule has 2 aromatic rings. The number of alkyl halides is 2. The predicted octanol–water partition coefficient (Wildman–Crippen LogP) is 5.08. The number of pyridine rings is 1. The molecule has 0 spiro atoms. The van der Waals surface area contributed by atoms with Crippen LogP contribution in [-0.2, 0) is 6.54 Å². The molecule has 0 saturated carbocycles. The van der Waals surface area contributed by atoms with Crippen molar-refractivity contribution < 1.29 is 8.78 Å². The lowest BCUT2D eigenvalue weighted by molar-refractivity contribution is -0.00602. The summed E-state index contributed by atoms with van der Waals surface area (Å²) in [5.74, 6) is -2.53. The maximum atomic E-state index is 13.2. The molecule has 5 heteroatoms. The minimum absolute atomic E-state index is 0.0528. The second-order valence-electron chi connectivity index (χ2n) is 5.59. The smallest absolute Gasteiger partial charge is 0.251 e. The van der Waals surface area contributed by atoms with Crippen molar-refractivity contribution in [1.82, 2.24) is 9.71 Å². The average molecular weight is 332 g/mol. The lowest BCUT2D eigenvalue weighted by Crippen LogP contribution is -2.18. The van der Waals surface area contributed by atoms with E-state index in [0.29, 0.717) is 6.42 Å². The molecule has 1 aliphatic carbocycles. The number of rotatable bonds is 5. The van der Waals surface area contributed by atoms with Gasteiger partial charge in [0.2, 0.25) is 0 Å². The largest absolute Gasteiger partial charge is 0.265 e. The van der Waals surface area contributed by atoms with E-state index in [1.807, 2.05) is 36.4 Å². The van der Waals surface area contributed by atoms with Gasteiger partial charge >= 0.3 is 0 Å². The zero-order valence-electron chi connectivity index (χ0n) is 12.6. The molecule has 0 amide bonds. The van der Waals surface area contributed by atoms with Gasteiger partial charge in [0.1, 0.15) is 0 Å². The summed E-state index contributed by atoms with van der Waals surface area (Å²) in [6, 6.07) is 12.0. The van der Waals surface area contributed by atoms with Crippen LogP contribution in [0.3, 0.4) is 0 Å². The SMILES string of the molecule is FC1(F)CC=C(c2ccc(SNCc3ccncc3)cc2)CC1. The molecule has 0 fully saturated rings. The first-order valence-electron chi connectivity index (χ1n) is 7.58. The number of aromatic nitrogens is 1. The molecule has 1 aromatic carbocycles. The van der Waals surface area contributed by atoms with E-state index in [1.165, 1.54) is 5.56 Å².